The van der Waals surface area contributed by atoms with Crippen LogP contribution in [0.5, 0.6) is 5.75 Å². The van der Waals surface area contributed by atoms with Gasteiger partial charge in [-0.15, -0.1) is 0 Å². The highest BCUT2D eigenvalue weighted by molar-refractivity contribution is 5.33. The van der Waals surface area contributed by atoms with Crippen molar-refractivity contribution < 1.29 is 4.74 Å². The lowest BCUT2D eigenvalue weighted by atomic mass is 9.68. The van der Waals surface area contributed by atoms with Crippen LogP contribution < -0.4 is 4.74 Å². The molecule has 0 N–H and O–H groups in total. The Morgan fingerprint density at radius 1 is 0.594 bits per heavy atom. The molecular formula is C30H35NO. The molecule has 5 rings (SSSR count). The molecule has 1 saturated heterocycles. The summed E-state index contributed by atoms with van der Waals surface area (Å²) in [5, 5.41) is 0. The summed E-state index contributed by atoms with van der Waals surface area (Å²) in [5.74, 6) is 2.80. The van der Waals surface area contributed by atoms with Crippen molar-refractivity contribution in [3.8, 4) is 5.75 Å². The Hall–Kier alpha value is -2.58. The van der Waals surface area contributed by atoms with Crippen molar-refractivity contribution >= 4 is 0 Å². The second-order valence-corrected chi connectivity index (χ2v) is 9.59. The van der Waals surface area contributed by atoms with Gasteiger partial charge in [0.05, 0.1) is 0 Å². The van der Waals surface area contributed by atoms with Crippen LogP contribution in [0.15, 0.2) is 84.9 Å². The molecule has 0 amide bonds. The zero-order valence-corrected chi connectivity index (χ0v) is 19.0. The van der Waals surface area contributed by atoms with E-state index in [-0.39, 0.29) is 0 Å². The molecule has 1 aliphatic carbocycles. The van der Waals surface area contributed by atoms with E-state index in [1.807, 2.05) is 0 Å². The molecule has 2 unspecified atom stereocenters. The van der Waals surface area contributed by atoms with Crippen molar-refractivity contribution in [3.05, 3.63) is 102 Å². The molecule has 0 radical (unpaired) electrons. The fraction of sp³-hybridized carbons (Fsp3) is 0.400. The molecule has 32 heavy (non-hydrogen) atoms. The van der Waals surface area contributed by atoms with Gasteiger partial charge in [0.25, 0.3) is 0 Å². The topological polar surface area (TPSA) is 12.5 Å². The Morgan fingerprint density at radius 2 is 1.06 bits per heavy atom. The molecule has 2 heteroatoms. The van der Waals surface area contributed by atoms with Crippen LogP contribution in [-0.4, -0.2) is 31.1 Å². The molecule has 1 aliphatic heterocycles. The summed E-state index contributed by atoms with van der Waals surface area (Å²) in [6.45, 7) is 4.29. The highest BCUT2D eigenvalue weighted by Gasteiger charge is 2.31. The van der Waals surface area contributed by atoms with Gasteiger partial charge in [0.15, 0.2) is 0 Å². The first kappa shape index (κ1) is 21.3. The maximum absolute atomic E-state index is 6.05. The highest BCUT2D eigenvalue weighted by Crippen LogP contribution is 2.47. The molecule has 0 spiro atoms. The van der Waals surface area contributed by atoms with E-state index in [9.17, 15) is 0 Å². The van der Waals surface area contributed by atoms with Crippen molar-refractivity contribution in [2.24, 2.45) is 0 Å². The molecule has 2 atom stereocenters. The summed E-state index contributed by atoms with van der Waals surface area (Å²) >= 11 is 0. The van der Waals surface area contributed by atoms with Crippen molar-refractivity contribution in [2.75, 3.05) is 26.2 Å². The van der Waals surface area contributed by atoms with E-state index in [1.54, 1.807) is 0 Å². The van der Waals surface area contributed by atoms with Gasteiger partial charge in [-0.25, -0.2) is 0 Å². The first-order valence-corrected chi connectivity index (χ1v) is 12.4. The quantitative estimate of drug-likeness (QED) is 0.404. The normalized spacial score (nSPS) is 23.8. The summed E-state index contributed by atoms with van der Waals surface area (Å²) < 4.78 is 6.05. The molecule has 166 valence electrons. The average Bonchev–Trinajstić information content (AvgIpc) is 3.39. The van der Waals surface area contributed by atoms with Gasteiger partial charge in [0.1, 0.15) is 12.4 Å². The number of hydrogen-bond acceptors (Lipinski definition) is 2. The summed E-state index contributed by atoms with van der Waals surface area (Å²) in [6.07, 6.45) is 6.36. The van der Waals surface area contributed by atoms with Crippen LogP contribution in [0.25, 0.3) is 0 Å². The molecule has 2 fully saturated rings. The number of likely N-dealkylation sites (tertiary alicyclic amines) is 1. The maximum Gasteiger partial charge on any atom is 0.119 e. The molecule has 2 aliphatic rings. The highest BCUT2D eigenvalue weighted by atomic mass is 16.5. The van der Waals surface area contributed by atoms with Crippen molar-refractivity contribution in [3.63, 3.8) is 0 Å². The van der Waals surface area contributed by atoms with E-state index in [2.05, 4.69) is 89.8 Å². The molecule has 0 aromatic heterocycles. The largest absolute Gasteiger partial charge is 0.492 e. The first-order valence-electron chi connectivity index (χ1n) is 12.4. The second-order valence-electron chi connectivity index (χ2n) is 9.59. The van der Waals surface area contributed by atoms with Crippen molar-refractivity contribution in [1.29, 1.82) is 0 Å². The van der Waals surface area contributed by atoms with Gasteiger partial charge in [-0.2, -0.15) is 0 Å². The van der Waals surface area contributed by atoms with Crippen LogP contribution in [0.1, 0.15) is 66.5 Å². The van der Waals surface area contributed by atoms with Crippen LogP contribution in [0, 0.1) is 0 Å². The maximum atomic E-state index is 6.05. The molecule has 2 nitrogen and oxygen atoms in total. The minimum absolute atomic E-state index is 0.581. The molecular weight excluding hydrogens is 390 g/mol. The molecule has 1 heterocycles. The third-order valence-corrected chi connectivity index (χ3v) is 7.48. The lowest BCUT2D eigenvalue weighted by Gasteiger charge is -2.36. The summed E-state index contributed by atoms with van der Waals surface area (Å²) in [7, 11) is 0. The van der Waals surface area contributed by atoms with Crippen LogP contribution in [0.4, 0.5) is 0 Å². The lowest BCUT2D eigenvalue weighted by Crippen LogP contribution is -2.25. The molecule has 3 aromatic rings. The minimum Gasteiger partial charge on any atom is -0.492 e. The van der Waals surface area contributed by atoms with Crippen LogP contribution in [0.3, 0.4) is 0 Å². The van der Waals surface area contributed by atoms with E-state index in [0.29, 0.717) is 17.8 Å². The Labute approximate surface area is 193 Å². The van der Waals surface area contributed by atoms with Crippen LogP contribution >= 0.6 is 0 Å². The van der Waals surface area contributed by atoms with Crippen LogP contribution in [0.2, 0.25) is 0 Å². The van der Waals surface area contributed by atoms with E-state index in [0.717, 1.165) is 18.9 Å². The Morgan fingerprint density at radius 3 is 1.56 bits per heavy atom. The molecule has 3 aromatic carbocycles. The van der Waals surface area contributed by atoms with Gasteiger partial charge in [0, 0.05) is 6.54 Å². The number of rotatable bonds is 7. The van der Waals surface area contributed by atoms with E-state index in [4.69, 9.17) is 4.74 Å². The third kappa shape index (κ3) is 5.24. The lowest BCUT2D eigenvalue weighted by molar-refractivity contribution is 0.237. The number of nitrogens with zero attached hydrogens (tertiary/aromatic N) is 1. The van der Waals surface area contributed by atoms with Gasteiger partial charge in [-0.05, 0) is 91.8 Å². The summed E-state index contributed by atoms with van der Waals surface area (Å²) in [5.41, 5.74) is 4.43. The molecule has 1 saturated carbocycles. The second kappa shape index (κ2) is 10.4. The zero-order valence-electron chi connectivity index (χ0n) is 19.0. The van der Waals surface area contributed by atoms with E-state index >= 15 is 0 Å². The number of hydrogen-bond donors (Lipinski definition) is 0. The molecule has 0 bridgehead atoms. The fourth-order valence-corrected chi connectivity index (χ4v) is 5.72. The Bertz CT molecular complexity index is 900. The first-order chi connectivity index (χ1) is 15.8. The standard InChI is InChI=1S/C30H35NO/c1-3-9-24(10-4-1)27-21-28(25-11-5-2-6-12-25)23-29(22-27)26-13-15-30(16-14-26)32-20-19-31-17-7-8-18-31/h1-6,9-16,27-29H,7-8,17-23H2. The van der Waals surface area contributed by atoms with Gasteiger partial charge in [-0.3, -0.25) is 4.90 Å². The van der Waals surface area contributed by atoms with Gasteiger partial charge < -0.3 is 4.74 Å². The number of ether oxygens (including phenoxy) is 1. The number of benzene rings is 3. The smallest absolute Gasteiger partial charge is 0.119 e. The fourth-order valence-electron chi connectivity index (χ4n) is 5.72. The van der Waals surface area contributed by atoms with Crippen molar-refractivity contribution in [2.45, 2.75) is 49.9 Å². The van der Waals surface area contributed by atoms with Crippen LogP contribution in [-0.2, 0) is 0 Å². The summed E-state index contributed by atoms with van der Waals surface area (Å²) in [6, 6.07) is 31.2. The van der Waals surface area contributed by atoms with E-state index in [1.165, 1.54) is 61.9 Å². The Balaban J connectivity index is 1.28. The zero-order chi connectivity index (χ0) is 21.6. The van der Waals surface area contributed by atoms with E-state index < -0.39 is 0 Å². The minimum atomic E-state index is 0.581. The van der Waals surface area contributed by atoms with Gasteiger partial charge in [-0.1, -0.05) is 72.8 Å². The van der Waals surface area contributed by atoms with Crippen molar-refractivity contribution in [1.82, 2.24) is 4.90 Å². The SMILES string of the molecule is c1ccc(C2CC(c3ccccc3)CC(c3ccc(OCCN4CCCC4)cc3)C2)cc1. The Kier molecular flexibility index (Phi) is 6.89. The third-order valence-electron chi connectivity index (χ3n) is 7.48. The predicted octanol–water partition coefficient (Wildman–Crippen LogP) is 7.00. The van der Waals surface area contributed by atoms with Gasteiger partial charge in [0.2, 0.25) is 0 Å². The average molecular weight is 426 g/mol. The van der Waals surface area contributed by atoms with Gasteiger partial charge >= 0.3 is 0 Å². The monoisotopic (exact) mass is 425 g/mol. The summed E-state index contributed by atoms with van der Waals surface area (Å²) in [4.78, 5) is 2.50. The predicted molar refractivity (Wildman–Crippen MR) is 133 cm³/mol.